The van der Waals surface area contributed by atoms with Crippen LogP contribution in [0.25, 0.3) is 0 Å². The maximum atomic E-state index is 5.57. The molecule has 0 bridgehead atoms. The number of hydrogen-bond donors (Lipinski definition) is 1. The van der Waals surface area contributed by atoms with E-state index in [1.807, 2.05) is 7.11 Å². The molecule has 3 nitrogen and oxygen atoms in total. The van der Waals surface area contributed by atoms with E-state index < -0.39 is 0 Å². The molecule has 0 amide bonds. The first-order valence-corrected chi connectivity index (χ1v) is 7.17. The normalized spacial score (nSPS) is 23.8. The maximum Gasteiger partial charge on any atom is 0.0502 e. The largest absolute Gasteiger partial charge is 0.384 e. The van der Waals surface area contributed by atoms with Crippen molar-refractivity contribution in [3.63, 3.8) is 0 Å². The lowest BCUT2D eigenvalue weighted by Crippen LogP contribution is -2.37. The molecule has 1 heterocycles. The van der Waals surface area contributed by atoms with Crippen LogP contribution in [-0.4, -0.2) is 44.8 Å². The van der Waals surface area contributed by atoms with Crippen LogP contribution in [-0.2, 0) is 4.74 Å². The molecule has 0 aromatic heterocycles. The average Bonchev–Trinajstić information content (AvgIpc) is 2.30. The summed E-state index contributed by atoms with van der Waals surface area (Å²) in [6.45, 7) is 7.86. The molecule has 1 aliphatic heterocycles. The van der Waals surface area contributed by atoms with Crippen LogP contribution < -0.4 is 5.73 Å². The number of methoxy groups -OCH3 is 1. The molecule has 1 fully saturated rings. The third-order valence-corrected chi connectivity index (χ3v) is 3.84. The lowest BCUT2D eigenvalue weighted by Gasteiger charge is -2.32. The van der Waals surface area contributed by atoms with E-state index in [2.05, 4.69) is 11.8 Å². The van der Waals surface area contributed by atoms with Gasteiger partial charge in [-0.2, -0.15) is 0 Å². The van der Waals surface area contributed by atoms with Crippen LogP contribution in [0.3, 0.4) is 0 Å². The molecule has 0 aromatic carbocycles. The number of hydrogen-bond acceptors (Lipinski definition) is 3. The van der Waals surface area contributed by atoms with Gasteiger partial charge < -0.3 is 15.4 Å². The minimum absolute atomic E-state index is 0.759. The van der Waals surface area contributed by atoms with Gasteiger partial charge >= 0.3 is 0 Å². The minimum atomic E-state index is 0.759. The van der Waals surface area contributed by atoms with Gasteiger partial charge in [0.1, 0.15) is 0 Å². The van der Waals surface area contributed by atoms with Crippen molar-refractivity contribution in [2.75, 3.05) is 39.9 Å². The Morgan fingerprint density at radius 3 is 2.94 bits per heavy atom. The van der Waals surface area contributed by atoms with Crippen LogP contribution in [0.1, 0.15) is 39.0 Å². The molecule has 102 valence electrons. The van der Waals surface area contributed by atoms with Gasteiger partial charge in [-0.1, -0.05) is 6.92 Å². The van der Waals surface area contributed by atoms with Crippen molar-refractivity contribution >= 4 is 0 Å². The molecule has 0 saturated carbocycles. The Balaban J connectivity index is 2.09. The zero-order valence-electron chi connectivity index (χ0n) is 11.7. The molecule has 0 radical (unpaired) electrons. The molecular weight excluding hydrogens is 212 g/mol. The molecule has 2 N–H and O–H groups in total. The Kier molecular flexibility index (Phi) is 7.82. The molecule has 2 atom stereocenters. The van der Waals surface area contributed by atoms with E-state index in [1.165, 1.54) is 51.7 Å². The molecule has 1 rings (SSSR count). The highest BCUT2D eigenvalue weighted by Crippen LogP contribution is 2.18. The Hall–Kier alpha value is -0.120. The first kappa shape index (κ1) is 14.9. The highest BCUT2D eigenvalue weighted by atomic mass is 16.5. The summed E-state index contributed by atoms with van der Waals surface area (Å²) in [5.74, 6) is 1.55. The number of likely N-dealkylation sites (tertiary alicyclic amines) is 1. The Morgan fingerprint density at radius 2 is 2.24 bits per heavy atom. The SMILES string of the molecule is COCC1CCCN(CCCC(C)CCN)C1. The third kappa shape index (κ3) is 6.39. The van der Waals surface area contributed by atoms with Crippen molar-refractivity contribution in [1.82, 2.24) is 4.90 Å². The van der Waals surface area contributed by atoms with E-state index in [0.29, 0.717) is 0 Å². The summed E-state index contributed by atoms with van der Waals surface area (Å²) in [6, 6.07) is 0. The molecule has 0 aromatic rings. The summed E-state index contributed by atoms with van der Waals surface area (Å²) in [5, 5.41) is 0. The van der Waals surface area contributed by atoms with Crippen LogP contribution in [0.2, 0.25) is 0 Å². The average molecular weight is 242 g/mol. The van der Waals surface area contributed by atoms with E-state index in [0.717, 1.165) is 25.0 Å². The summed E-state index contributed by atoms with van der Waals surface area (Å²) >= 11 is 0. The molecule has 3 heteroatoms. The third-order valence-electron chi connectivity index (χ3n) is 3.84. The number of piperidine rings is 1. The quantitative estimate of drug-likeness (QED) is 0.708. The van der Waals surface area contributed by atoms with E-state index in [-0.39, 0.29) is 0 Å². The molecule has 2 unspecified atom stereocenters. The molecular formula is C14H30N2O. The highest BCUT2D eigenvalue weighted by Gasteiger charge is 2.19. The zero-order valence-corrected chi connectivity index (χ0v) is 11.7. The van der Waals surface area contributed by atoms with Gasteiger partial charge in [0.25, 0.3) is 0 Å². The lowest BCUT2D eigenvalue weighted by atomic mass is 9.97. The molecule has 17 heavy (non-hydrogen) atoms. The Bertz CT molecular complexity index is 185. The van der Waals surface area contributed by atoms with Crippen molar-refractivity contribution < 1.29 is 4.74 Å². The molecule has 1 aliphatic rings. The standard InChI is InChI=1S/C14H30N2O/c1-13(7-8-15)5-3-9-16-10-4-6-14(11-16)12-17-2/h13-14H,3-12,15H2,1-2H3. The van der Waals surface area contributed by atoms with Gasteiger partial charge in [0.2, 0.25) is 0 Å². The van der Waals surface area contributed by atoms with E-state index in [9.17, 15) is 0 Å². The van der Waals surface area contributed by atoms with Gasteiger partial charge in [-0.25, -0.2) is 0 Å². The Labute approximate surface area is 107 Å². The smallest absolute Gasteiger partial charge is 0.0502 e. The van der Waals surface area contributed by atoms with Crippen molar-refractivity contribution in [2.45, 2.75) is 39.0 Å². The van der Waals surface area contributed by atoms with Crippen LogP contribution in [0.5, 0.6) is 0 Å². The lowest BCUT2D eigenvalue weighted by molar-refractivity contribution is 0.0893. The van der Waals surface area contributed by atoms with Gasteiger partial charge in [-0.15, -0.1) is 0 Å². The summed E-state index contributed by atoms with van der Waals surface area (Å²) in [5.41, 5.74) is 5.57. The van der Waals surface area contributed by atoms with Crippen molar-refractivity contribution in [1.29, 1.82) is 0 Å². The predicted octanol–water partition coefficient (Wildman–Crippen LogP) is 2.11. The molecule has 1 saturated heterocycles. The first-order chi connectivity index (χ1) is 8.26. The number of nitrogens with two attached hydrogens (primary N) is 1. The zero-order chi connectivity index (χ0) is 12.5. The van der Waals surface area contributed by atoms with E-state index in [1.54, 1.807) is 0 Å². The monoisotopic (exact) mass is 242 g/mol. The minimum Gasteiger partial charge on any atom is -0.384 e. The summed E-state index contributed by atoms with van der Waals surface area (Å²) in [4.78, 5) is 2.61. The van der Waals surface area contributed by atoms with E-state index >= 15 is 0 Å². The maximum absolute atomic E-state index is 5.57. The van der Waals surface area contributed by atoms with Gasteiger partial charge in [0.05, 0.1) is 6.61 Å². The molecule has 0 spiro atoms. The summed E-state index contributed by atoms with van der Waals surface area (Å²) < 4.78 is 5.26. The van der Waals surface area contributed by atoms with Gasteiger partial charge in [0, 0.05) is 13.7 Å². The predicted molar refractivity (Wildman–Crippen MR) is 73.1 cm³/mol. The van der Waals surface area contributed by atoms with Gasteiger partial charge in [-0.3, -0.25) is 0 Å². The van der Waals surface area contributed by atoms with Crippen LogP contribution in [0.15, 0.2) is 0 Å². The highest BCUT2D eigenvalue weighted by molar-refractivity contribution is 4.72. The number of ether oxygens (including phenoxy) is 1. The second-order valence-electron chi connectivity index (χ2n) is 5.59. The van der Waals surface area contributed by atoms with Crippen molar-refractivity contribution in [3.8, 4) is 0 Å². The van der Waals surface area contributed by atoms with Crippen LogP contribution in [0, 0.1) is 11.8 Å². The second kappa shape index (κ2) is 8.90. The first-order valence-electron chi connectivity index (χ1n) is 7.17. The van der Waals surface area contributed by atoms with Crippen molar-refractivity contribution in [2.24, 2.45) is 17.6 Å². The topological polar surface area (TPSA) is 38.5 Å². The number of nitrogens with zero attached hydrogens (tertiary/aromatic N) is 1. The Morgan fingerprint density at radius 1 is 1.41 bits per heavy atom. The molecule has 0 aliphatic carbocycles. The van der Waals surface area contributed by atoms with Crippen molar-refractivity contribution in [3.05, 3.63) is 0 Å². The van der Waals surface area contributed by atoms with Gasteiger partial charge in [-0.05, 0) is 63.6 Å². The summed E-state index contributed by atoms with van der Waals surface area (Å²) in [6.07, 6.45) is 6.50. The summed E-state index contributed by atoms with van der Waals surface area (Å²) in [7, 11) is 1.81. The fourth-order valence-electron chi connectivity index (χ4n) is 2.82. The number of rotatable bonds is 8. The second-order valence-corrected chi connectivity index (χ2v) is 5.59. The fourth-order valence-corrected chi connectivity index (χ4v) is 2.82. The fraction of sp³-hybridized carbons (Fsp3) is 1.00. The van der Waals surface area contributed by atoms with Crippen LogP contribution in [0.4, 0.5) is 0 Å². The van der Waals surface area contributed by atoms with Gasteiger partial charge in [0.15, 0.2) is 0 Å². The van der Waals surface area contributed by atoms with Crippen LogP contribution >= 0.6 is 0 Å². The van der Waals surface area contributed by atoms with E-state index in [4.69, 9.17) is 10.5 Å².